The molecule has 0 aromatic carbocycles. The largest absolute Gasteiger partial charge is 0.476 e. The molecule has 0 bridgehead atoms. The van der Waals surface area contributed by atoms with Gasteiger partial charge in [-0.05, 0) is 24.3 Å². The number of hydrogen-bond acceptors (Lipinski definition) is 6. The summed E-state index contributed by atoms with van der Waals surface area (Å²) in [4.78, 5) is 30.8. The number of halogens is 2. The van der Waals surface area contributed by atoms with Crippen LogP contribution in [0.15, 0.2) is 24.3 Å². The van der Waals surface area contributed by atoms with Gasteiger partial charge in [-0.25, -0.2) is 9.78 Å². The highest BCUT2D eigenvalue weighted by molar-refractivity contribution is 6.34. The summed E-state index contributed by atoms with van der Waals surface area (Å²) in [6.45, 7) is 2.04. The van der Waals surface area contributed by atoms with Gasteiger partial charge in [0, 0.05) is 26.2 Å². The van der Waals surface area contributed by atoms with Crippen LogP contribution in [0.5, 0.6) is 0 Å². The number of aromatic nitrogens is 3. The Balaban J connectivity index is 1.65. The maximum absolute atomic E-state index is 12.5. The first-order valence-electron chi connectivity index (χ1n) is 7.39. The Morgan fingerprint density at radius 2 is 1.72 bits per heavy atom. The second-order valence-corrected chi connectivity index (χ2v) is 6.08. The van der Waals surface area contributed by atoms with Crippen molar-refractivity contribution < 1.29 is 14.7 Å². The van der Waals surface area contributed by atoms with Gasteiger partial charge in [-0.3, -0.25) is 4.79 Å². The minimum Gasteiger partial charge on any atom is -0.476 e. The van der Waals surface area contributed by atoms with Crippen LogP contribution in [0.4, 0.5) is 5.82 Å². The van der Waals surface area contributed by atoms with Gasteiger partial charge in [0.05, 0.1) is 5.56 Å². The average Bonchev–Trinajstić information content (AvgIpc) is 2.61. The van der Waals surface area contributed by atoms with E-state index < -0.39 is 5.97 Å². The van der Waals surface area contributed by atoms with Gasteiger partial charge in [-0.15, -0.1) is 10.2 Å². The topological polar surface area (TPSA) is 99.5 Å². The van der Waals surface area contributed by atoms with Crippen LogP contribution < -0.4 is 4.90 Å². The second kappa shape index (κ2) is 7.20. The van der Waals surface area contributed by atoms with E-state index in [-0.39, 0.29) is 21.9 Å². The van der Waals surface area contributed by atoms with Gasteiger partial charge in [0.2, 0.25) is 0 Å². The van der Waals surface area contributed by atoms with Gasteiger partial charge >= 0.3 is 5.97 Å². The van der Waals surface area contributed by atoms with Gasteiger partial charge in [-0.2, -0.15) is 0 Å². The number of nitrogens with zero attached hydrogens (tertiary/aromatic N) is 5. The lowest BCUT2D eigenvalue weighted by Crippen LogP contribution is -2.49. The van der Waals surface area contributed by atoms with Gasteiger partial charge in [0.15, 0.2) is 11.5 Å². The number of carboxylic acids is 1. The molecule has 1 aliphatic heterocycles. The molecular formula is C15H13Cl2N5O3. The lowest BCUT2D eigenvalue weighted by Gasteiger charge is -2.35. The lowest BCUT2D eigenvalue weighted by molar-refractivity contribution is 0.0687. The zero-order chi connectivity index (χ0) is 18.0. The summed E-state index contributed by atoms with van der Waals surface area (Å²) in [5, 5.41) is 16.7. The van der Waals surface area contributed by atoms with Gasteiger partial charge < -0.3 is 14.9 Å². The molecule has 8 nitrogen and oxygen atoms in total. The molecule has 3 heterocycles. The molecular weight excluding hydrogens is 369 g/mol. The fourth-order valence-corrected chi connectivity index (χ4v) is 2.91. The third-order valence-electron chi connectivity index (χ3n) is 3.81. The standard InChI is InChI=1S/C15H13Cl2N5O3/c16-11-3-1-9(13(17)18-11)14(23)22-7-5-21(6-8-22)12-4-2-10(15(24)25)19-20-12/h1-4H,5-8H2,(H,24,25). The van der Waals surface area contributed by atoms with E-state index >= 15 is 0 Å². The highest BCUT2D eigenvalue weighted by Gasteiger charge is 2.25. The summed E-state index contributed by atoms with van der Waals surface area (Å²) in [5.41, 5.74) is 0.201. The first kappa shape index (κ1) is 17.4. The average molecular weight is 382 g/mol. The van der Waals surface area contributed by atoms with Crippen LogP contribution in [-0.2, 0) is 0 Å². The van der Waals surface area contributed by atoms with E-state index in [1.165, 1.54) is 12.1 Å². The van der Waals surface area contributed by atoms with E-state index in [0.717, 1.165) is 0 Å². The molecule has 1 N–H and O–H groups in total. The molecule has 1 amide bonds. The van der Waals surface area contributed by atoms with Crippen molar-refractivity contribution in [2.75, 3.05) is 31.1 Å². The van der Waals surface area contributed by atoms with Crippen LogP contribution in [0.25, 0.3) is 0 Å². The highest BCUT2D eigenvalue weighted by Crippen LogP contribution is 2.20. The molecule has 0 unspecified atom stereocenters. The van der Waals surface area contributed by atoms with E-state index in [0.29, 0.717) is 37.6 Å². The minimum absolute atomic E-state index is 0.0788. The number of piperazine rings is 1. The molecule has 0 spiro atoms. The van der Waals surface area contributed by atoms with Crippen molar-refractivity contribution in [3.63, 3.8) is 0 Å². The number of carbonyl (C=O) groups excluding carboxylic acids is 1. The maximum Gasteiger partial charge on any atom is 0.356 e. The van der Waals surface area contributed by atoms with Crippen LogP contribution in [0, 0.1) is 0 Å². The van der Waals surface area contributed by atoms with Crippen LogP contribution in [0.1, 0.15) is 20.8 Å². The first-order valence-corrected chi connectivity index (χ1v) is 8.14. The SMILES string of the molecule is O=C(O)c1ccc(N2CCN(C(=O)c3ccc(Cl)nc3Cl)CC2)nn1. The van der Waals surface area contributed by atoms with Crippen LogP contribution in [0.3, 0.4) is 0 Å². The highest BCUT2D eigenvalue weighted by atomic mass is 35.5. The van der Waals surface area contributed by atoms with Gasteiger partial charge in [0.25, 0.3) is 5.91 Å². The van der Waals surface area contributed by atoms with Crippen LogP contribution in [-0.4, -0.2) is 63.2 Å². The van der Waals surface area contributed by atoms with Gasteiger partial charge in [-0.1, -0.05) is 23.2 Å². The molecule has 2 aromatic heterocycles. The van der Waals surface area contributed by atoms with Crippen molar-refractivity contribution in [3.8, 4) is 0 Å². The van der Waals surface area contributed by atoms with E-state index in [9.17, 15) is 9.59 Å². The summed E-state index contributed by atoms with van der Waals surface area (Å²) in [7, 11) is 0. The maximum atomic E-state index is 12.5. The van der Waals surface area contributed by atoms with Gasteiger partial charge in [0.1, 0.15) is 10.3 Å². The summed E-state index contributed by atoms with van der Waals surface area (Å²) in [5.74, 6) is -0.757. The molecule has 10 heteroatoms. The van der Waals surface area contributed by atoms with Crippen molar-refractivity contribution in [2.24, 2.45) is 0 Å². The van der Waals surface area contributed by atoms with E-state index in [4.69, 9.17) is 28.3 Å². The van der Waals surface area contributed by atoms with Crippen LogP contribution >= 0.6 is 23.2 Å². The summed E-state index contributed by atoms with van der Waals surface area (Å²) in [6.07, 6.45) is 0. The quantitative estimate of drug-likeness (QED) is 0.809. The number of hydrogen-bond donors (Lipinski definition) is 1. The number of aromatic carboxylic acids is 1. The van der Waals surface area contributed by atoms with Crippen molar-refractivity contribution in [1.29, 1.82) is 0 Å². The lowest BCUT2D eigenvalue weighted by atomic mass is 10.2. The van der Waals surface area contributed by atoms with Crippen molar-refractivity contribution in [2.45, 2.75) is 0 Å². The summed E-state index contributed by atoms with van der Waals surface area (Å²) in [6, 6.07) is 6.09. The first-order chi connectivity index (χ1) is 12.0. The molecule has 1 fully saturated rings. The fourth-order valence-electron chi connectivity index (χ4n) is 2.49. The number of rotatable bonds is 3. The Hall–Kier alpha value is -2.45. The van der Waals surface area contributed by atoms with E-state index in [1.807, 2.05) is 4.90 Å². The Bertz CT molecular complexity index is 807. The zero-order valence-electron chi connectivity index (χ0n) is 12.9. The number of anilines is 1. The Kier molecular flexibility index (Phi) is 5.00. The Morgan fingerprint density at radius 3 is 2.28 bits per heavy atom. The van der Waals surface area contributed by atoms with E-state index in [2.05, 4.69) is 15.2 Å². The van der Waals surface area contributed by atoms with Crippen molar-refractivity contribution in [3.05, 3.63) is 45.8 Å². The van der Waals surface area contributed by atoms with Crippen molar-refractivity contribution in [1.82, 2.24) is 20.1 Å². The predicted octanol–water partition coefficient (Wildman–Crippen LogP) is 1.84. The number of pyridine rings is 1. The smallest absolute Gasteiger partial charge is 0.356 e. The molecule has 3 rings (SSSR count). The molecule has 130 valence electrons. The molecule has 0 radical (unpaired) electrons. The third-order valence-corrected chi connectivity index (χ3v) is 4.30. The minimum atomic E-state index is -1.12. The number of carboxylic acid groups (broad SMARTS) is 1. The van der Waals surface area contributed by atoms with Crippen molar-refractivity contribution >= 4 is 40.9 Å². The third kappa shape index (κ3) is 3.80. The summed E-state index contributed by atoms with van der Waals surface area (Å²) >= 11 is 11.7. The summed E-state index contributed by atoms with van der Waals surface area (Å²) < 4.78 is 0. The Labute approximate surface area is 153 Å². The molecule has 1 saturated heterocycles. The molecule has 0 saturated carbocycles. The number of carbonyl (C=O) groups is 2. The Morgan fingerprint density at radius 1 is 1.00 bits per heavy atom. The monoisotopic (exact) mass is 381 g/mol. The molecule has 2 aromatic rings. The molecule has 0 atom stereocenters. The molecule has 25 heavy (non-hydrogen) atoms. The van der Waals surface area contributed by atoms with Crippen LogP contribution in [0.2, 0.25) is 10.3 Å². The fraction of sp³-hybridized carbons (Fsp3) is 0.267. The molecule has 0 aliphatic carbocycles. The predicted molar refractivity (Wildman–Crippen MR) is 91.4 cm³/mol. The van der Waals surface area contributed by atoms with E-state index in [1.54, 1.807) is 17.0 Å². The second-order valence-electron chi connectivity index (χ2n) is 5.33. The zero-order valence-corrected chi connectivity index (χ0v) is 14.4. The normalized spacial score (nSPS) is 14.5. The number of amides is 1. The molecule has 1 aliphatic rings.